The van der Waals surface area contributed by atoms with Gasteiger partial charge in [-0.2, -0.15) is 0 Å². The number of rotatable bonds is 6. The van der Waals surface area contributed by atoms with Gasteiger partial charge in [0.15, 0.2) is 0 Å². The molecule has 1 unspecified atom stereocenters. The van der Waals surface area contributed by atoms with Crippen LogP contribution in [0.2, 0.25) is 10.0 Å². The number of nitrogens with one attached hydrogen (secondary N) is 1. The van der Waals surface area contributed by atoms with Gasteiger partial charge in [0.2, 0.25) is 5.91 Å². The average molecular weight is 387 g/mol. The normalized spacial score (nSPS) is 16.6. The van der Waals surface area contributed by atoms with Crippen LogP contribution in [0.5, 0.6) is 0 Å². The van der Waals surface area contributed by atoms with E-state index in [0.29, 0.717) is 42.6 Å². The lowest BCUT2D eigenvalue weighted by atomic mass is 9.97. The Morgan fingerprint density at radius 2 is 2.00 bits per heavy atom. The number of likely N-dealkylation sites (tertiary alicyclic amines) is 1. The number of carbonyl (C=O) groups excluding carboxylic acids is 2. The van der Waals surface area contributed by atoms with Crippen LogP contribution in [0.3, 0.4) is 0 Å². The van der Waals surface area contributed by atoms with Gasteiger partial charge in [0.05, 0.1) is 19.1 Å². The van der Waals surface area contributed by atoms with E-state index in [4.69, 9.17) is 27.9 Å². The molecule has 138 valence electrons. The molecule has 0 saturated carbocycles. The van der Waals surface area contributed by atoms with Gasteiger partial charge in [-0.15, -0.1) is 0 Å². The summed E-state index contributed by atoms with van der Waals surface area (Å²) < 4.78 is 5.05. The first kappa shape index (κ1) is 20.0. The number of ether oxygens (including phenoxy) is 1. The van der Waals surface area contributed by atoms with Gasteiger partial charge in [-0.05, 0) is 44.4 Å². The van der Waals surface area contributed by atoms with E-state index < -0.39 is 0 Å². The number of amides is 1. The number of carbonyl (C=O) groups is 2. The van der Waals surface area contributed by atoms with E-state index in [1.165, 1.54) is 0 Å². The summed E-state index contributed by atoms with van der Waals surface area (Å²) in [6, 6.07) is 5.27. The Labute approximate surface area is 158 Å². The Morgan fingerprint density at radius 1 is 1.32 bits per heavy atom. The molecule has 1 atom stereocenters. The summed E-state index contributed by atoms with van der Waals surface area (Å²) in [5.41, 5.74) is 0.903. The summed E-state index contributed by atoms with van der Waals surface area (Å²) in [6.07, 6.45) is 1.31. The molecule has 25 heavy (non-hydrogen) atoms. The second kappa shape index (κ2) is 9.41. The monoisotopic (exact) mass is 386 g/mol. The highest BCUT2D eigenvalue weighted by molar-refractivity contribution is 6.35. The number of piperidine rings is 1. The molecule has 1 amide bonds. The van der Waals surface area contributed by atoms with Crippen molar-refractivity contribution in [1.82, 2.24) is 10.2 Å². The van der Waals surface area contributed by atoms with Crippen LogP contribution in [0.4, 0.5) is 0 Å². The van der Waals surface area contributed by atoms with Gasteiger partial charge >= 0.3 is 5.97 Å². The minimum atomic E-state index is -0.154. The zero-order valence-electron chi connectivity index (χ0n) is 14.6. The molecule has 0 bridgehead atoms. The smallest absolute Gasteiger partial charge is 0.309 e. The van der Waals surface area contributed by atoms with Gasteiger partial charge in [0, 0.05) is 29.2 Å². The van der Waals surface area contributed by atoms with Crippen LogP contribution >= 0.6 is 23.2 Å². The van der Waals surface area contributed by atoms with Crippen molar-refractivity contribution in [3.8, 4) is 0 Å². The minimum Gasteiger partial charge on any atom is -0.466 e. The maximum Gasteiger partial charge on any atom is 0.309 e. The summed E-state index contributed by atoms with van der Waals surface area (Å²) in [7, 11) is 0. The molecule has 1 aliphatic rings. The molecule has 0 spiro atoms. The lowest BCUT2D eigenvalue weighted by Crippen LogP contribution is -2.44. The van der Waals surface area contributed by atoms with Crippen molar-refractivity contribution in [3.63, 3.8) is 0 Å². The molecule has 1 aromatic rings. The van der Waals surface area contributed by atoms with Gasteiger partial charge < -0.3 is 15.0 Å². The van der Waals surface area contributed by atoms with E-state index in [0.717, 1.165) is 5.56 Å². The molecule has 1 aliphatic heterocycles. The summed E-state index contributed by atoms with van der Waals surface area (Å²) >= 11 is 12.1. The molecular weight excluding hydrogens is 363 g/mol. The van der Waals surface area contributed by atoms with Crippen LogP contribution in [0.15, 0.2) is 18.2 Å². The van der Waals surface area contributed by atoms with Crippen molar-refractivity contribution < 1.29 is 14.3 Å². The third-order valence-corrected chi connectivity index (χ3v) is 5.02. The Kier molecular flexibility index (Phi) is 7.54. The molecule has 0 aromatic heterocycles. The Bertz CT molecular complexity index is 616. The largest absolute Gasteiger partial charge is 0.466 e. The van der Waals surface area contributed by atoms with Gasteiger partial charge in [-0.1, -0.05) is 29.3 Å². The van der Waals surface area contributed by atoms with E-state index in [2.05, 4.69) is 5.32 Å². The number of esters is 1. The van der Waals surface area contributed by atoms with Crippen LogP contribution < -0.4 is 5.32 Å². The standard InChI is InChI=1S/C18H24Cl2N2O3/c1-3-25-18(24)13-6-8-22(9-7-13)17(23)11-21-12(2)15-5-4-14(19)10-16(15)20/h4-5,10,12-13,21H,3,6-9,11H2,1-2H3. The van der Waals surface area contributed by atoms with E-state index in [-0.39, 0.29) is 30.4 Å². The van der Waals surface area contributed by atoms with Gasteiger partial charge in [-0.3, -0.25) is 9.59 Å². The van der Waals surface area contributed by atoms with Crippen LogP contribution in [-0.4, -0.2) is 43.0 Å². The highest BCUT2D eigenvalue weighted by Gasteiger charge is 2.28. The SMILES string of the molecule is CCOC(=O)C1CCN(C(=O)CNC(C)c2ccc(Cl)cc2Cl)CC1. The van der Waals surface area contributed by atoms with Crippen molar-refractivity contribution >= 4 is 35.1 Å². The molecule has 1 heterocycles. The second-order valence-electron chi connectivity index (χ2n) is 6.18. The Hall–Kier alpha value is -1.30. The number of hydrogen-bond donors (Lipinski definition) is 1. The van der Waals surface area contributed by atoms with Crippen LogP contribution in [0.25, 0.3) is 0 Å². The fourth-order valence-corrected chi connectivity index (χ4v) is 3.51. The molecule has 1 saturated heterocycles. The fourth-order valence-electron chi connectivity index (χ4n) is 2.94. The molecular formula is C18H24Cl2N2O3. The van der Waals surface area contributed by atoms with Crippen LogP contribution in [0.1, 0.15) is 38.3 Å². The Balaban J connectivity index is 1.80. The topological polar surface area (TPSA) is 58.6 Å². The molecule has 1 N–H and O–H groups in total. The summed E-state index contributed by atoms with van der Waals surface area (Å²) in [5, 5.41) is 4.36. The molecule has 7 heteroatoms. The molecule has 0 aliphatic carbocycles. The number of halogens is 2. The van der Waals surface area contributed by atoms with Gasteiger partial charge in [0.1, 0.15) is 0 Å². The van der Waals surface area contributed by atoms with E-state index in [1.54, 1.807) is 24.0 Å². The van der Waals surface area contributed by atoms with Crippen LogP contribution in [-0.2, 0) is 14.3 Å². The summed E-state index contributed by atoms with van der Waals surface area (Å²) in [6.45, 7) is 5.54. The van der Waals surface area contributed by atoms with Crippen molar-refractivity contribution in [3.05, 3.63) is 33.8 Å². The predicted octanol–water partition coefficient (Wildman–Crippen LogP) is 3.45. The van der Waals surface area contributed by atoms with Gasteiger partial charge in [0.25, 0.3) is 0 Å². The predicted molar refractivity (Wildman–Crippen MR) is 98.8 cm³/mol. The van der Waals surface area contributed by atoms with E-state index in [9.17, 15) is 9.59 Å². The van der Waals surface area contributed by atoms with Gasteiger partial charge in [-0.25, -0.2) is 0 Å². The van der Waals surface area contributed by atoms with Crippen molar-refractivity contribution in [2.24, 2.45) is 5.92 Å². The zero-order chi connectivity index (χ0) is 18.4. The maximum absolute atomic E-state index is 12.4. The second-order valence-corrected chi connectivity index (χ2v) is 7.02. The first-order chi connectivity index (χ1) is 11.9. The number of benzene rings is 1. The molecule has 1 aromatic carbocycles. The molecule has 1 fully saturated rings. The average Bonchev–Trinajstić information content (AvgIpc) is 2.59. The fraction of sp³-hybridized carbons (Fsp3) is 0.556. The lowest BCUT2D eigenvalue weighted by molar-refractivity contribution is -0.151. The van der Waals surface area contributed by atoms with Crippen LogP contribution in [0, 0.1) is 5.92 Å². The molecule has 0 radical (unpaired) electrons. The lowest BCUT2D eigenvalue weighted by Gasteiger charge is -2.31. The number of hydrogen-bond acceptors (Lipinski definition) is 4. The highest BCUT2D eigenvalue weighted by atomic mass is 35.5. The first-order valence-electron chi connectivity index (χ1n) is 8.55. The minimum absolute atomic E-state index is 0.0271. The molecule has 5 nitrogen and oxygen atoms in total. The molecule has 2 rings (SSSR count). The number of nitrogens with zero attached hydrogens (tertiary/aromatic N) is 1. The Morgan fingerprint density at radius 3 is 2.60 bits per heavy atom. The quantitative estimate of drug-likeness (QED) is 0.760. The van der Waals surface area contributed by atoms with Crippen molar-refractivity contribution in [2.45, 2.75) is 32.7 Å². The highest BCUT2D eigenvalue weighted by Crippen LogP contribution is 2.26. The van der Waals surface area contributed by atoms with E-state index in [1.807, 2.05) is 13.0 Å². The maximum atomic E-state index is 12.4. The summed E-state index contributed by atoms with van der Waals surface area (Å²) in [5.74, 6) is -0.221. The first-order valence-corrected chi connectivity index (χ1v) is 9.30. The van der Waals surface area contributed by atoms with E-state index >= 15 is 0 Å². The third-order valence-electron chi connectivity index (χ3n) is 4.46. The summed E-state index contributed by atoms with van der Waals surface area (Å²) in [4.78, 5) is 25.9. The van der Waals surface area contributed by atoms with Crippen molar-refractivity contribution in [1.29, 1.82) is 0 Å². The zero-order valence-corrected chi connectivity index (χ0v) is 16.1. The van der Waals surface area contributed by atoms with Crippen molar-refractivity contribution in [2.75, 3.05) is 26.2 Å². The third kappa shape index (κ3) is 5.59.